The highest BCUT2D eigenvalue weighted by Crippen LogP contribution is 2.29. The molecule has 2 heterocycles. The van der Waals surface area contributed by atoms with E-state index in [2.05, 4.69) is 39.8 Å². The van der Waals surface area contributed by atoms with Crippen LogP contribution >= 0.6 is 11.3 Å². The molecular formula is C16H17N3S. The van der Waals surface area contributed by atoms with E-state index in [4.69, 9.17) is 5.73 Å². The lowest BCUT2D eigenvalue weighted by Crippen LogP contribution is -2.19. The molecular weight excluding hydrogens is 266 g/mol. The van der Waals surface area contributed by atoms with Crippen LogP contribution in [-0.4, -0.2) is 12.0 Å². The summed E-state index contributed by atoms with van der Waals surface area (Å²) >= 11 is 1.73. The summed E-state index contributed by atoms with van der Waals surface area (Å²) in [6.07, 6.45) is 1.89. The molecule has 0 saturated carbocycles. The van der Waals surface area contributed by atoms with E-state index in [1.54, 1.807) is 11.3 Å². The van der Waals surface area contributed by atoms with E-state index >= 15 is 0 Å². The normalized spacial score (nSPS) is 10.9. The first-order chi connectivity index (χ1) is 9.79. The Bertz CT molecular complexity index is 707. The maximum atomic E-state index is 5.89. The van der Waals surface area contributed by atoms with Crippen molar-refractivity contribution in [1.82, 2.24) is 4.98 Å². The maximum absolute atomic E-state index is 5.89. The molecule has 4 heteroatoms. The molecule has 1 aromatic carbocycles. The first kappa shape index (κ1) is 13.1. The molecule has 0 spiro atoms. The second-order valence-corrected chi connectivity index (χ2v) is 5.62. The zero-order valence-corrected chi connectivity index (χ0v) is 12.2. The van der Waals surface area contributed by atoms with Crippen molar-refractivity contribution in [2.45, 2.75) is 13.1 Å². The zero-order valence-electron chi connectivity index (χ0n) is 11.4. The van der Waals surface area contributed by atoms with Crippen molar-refractivity contribution < 1.29 is 0 Å². The number of thiophene rings is 1. The van der Waals surface area contributed by atoms with Crippen LogP contribution in [0.2, 0.25) is 0 Å². The van der Waals surface area contributed by atoms with Gasteiger partial charge in [0.1, 0.15) is 0 Å². The van der Waals surface area contributed by atoms with Gasteiger partial charge < -0.3 is 10.6 Å². The van der Waals surface area contributed by atoms with Crippen LogP contribution in [0.1, 0.15) is 11.1 Å². The fourth-order valence-electron chi connectivity index (χ4n) is 2.50. The molecule has 0 fully saturated rings. The number of benzene rings is 1. The number of para-hydroxylation sites is 1. The second kappa shape index (κ2) is 5.61. The van der Waals surface area contributed by atoms with Gasteiger partial charge in [0.2, 0.25) is 0 Å². The number of hydrogen-bond donors (Lipinski definition) is 1. The van der Waals surface area contributed by atoms with Crippen LogP contribution in [-0.2, 0) is 13.1 Å². The molecule has 0 aliphatic carbocycles. The number of aromatic nitrogens is 1. The van der Waals surface area contributed by atoms with E-state index in [1.165, 1.54) is 11.3 Å². The maximum Gasteiger partial charge on any atom is 0.0723 e. The molecule has 20 heavy (non-hydrogen) atoms. The molecule has 0 aliphatic heterocycles. The van der Waals surface area contributed by atoms with Crippen LogP contribution in [0.3, 0.4) is 0 Å². The Morgan fingerprint density at radius 1 is 1.25 bits per heavy atom. The Morgan fingerprint density at radius 3 is 2.85 bits per heavy atom. The zero-order chi connectivity index (χ0) is 13.9. The topological polar surface area (TPSA) is 42.1 Å². The molecule has 2 N–H and O–H groups in total. The lowest BCUT2D eigenvalue weighted by atomic mass is 10.1. The minimum atomic E-state index is 0.501. The van der Waals surface area contributed by atoms with Crippen molar-refractivity contribution in [2.24, 2.45) is 5.73 Å². The van der Waals surface area contributed by atoms with E-state index < -0.39 is 0 Å². The molecule has 0 unspecified atom stereocenters. The van der Waals surface area contributed by atoms with Crippen molar-refractivity contribution >= 4 is 27.9 Å². The number of hydrogen-bond acceptors (Lipinski definition) is 4. The molecule has 0 saturated heterocycles. The van der Waals surface area contributed by atoms with Gasteiger partial charge in [-0.15, -0.1) is 0 Å². The number of anilines is 1. The van der Waals surface area contributed by atoms with Crippen molar-refractivity contribution in [3.63, 3.8) is 0 Å². The largest absolute Gasteiger partial charge is 0.369 e. The minimum Gasteiger partial charge on any atom is -0.369 e. The second-order valence-electron chi connectivity index (χ2n) is 4.84. The lowest BCUT2D eigenvalue weighted by molar-refractivity contribution is 0.910. The molecule has 3 nitrogen and oxygen atoms in total. The highest BCUT2D eigenvalue weighted by molar-refractivity contribution is 7.07. The van der Waals surface area contributed by atoms with Gasteiger partial charge in [0.25, 0.3) is 0 Å². The average Bonchev–Trinajstić information content (AvgIpc) is 2.98. The summed E-state index contributed by atoms with van der Waals surface area (Å²) in [5.41, 5.74) is 10.5. The van der Waals surface area contributed by atoms with Crippen molar-refractivity contribution in [2.75, 3.05) is 11.9 Å². The summed E-state index contributed by atoms with van der Waals surface area (Å²) < 4.78 is 0. The molecule has 3 rings (SSSR count). The van der Waals surface area contributed by atoms with E-state index in [0.717, 1.165) is 23.0 Å². The van der Waals surface area contributed by atoms with E-state index in [1.807, 2.05) is 24.4 Å². The number of nitrogens with zero attached hydrogens (tertiary/aromatic N) is 2. The highest BCUT2D eigenvalue weighted by atomic mass is 32.1. The predicted octanol–water partition coefficient (Wildman–Crippen LogP) is 3.39. The molecule has 0 amide bonds. The van der Waals surface area contributed by atoms with Gasteiger partial charge in [-0.05, 0) is 28.5 Å². The summed E-state index contributed by atoms with van der Waals surface area (Å²) in [7, 11) is 2.11. The Labute approximate surface area is 122 Å². The molecule has 102 valence electrons. The van der Waals surface area contributed by atoms with Gasteiger partial charge in [0.05, 0.1) is 11.2 Å². The van der Waals surface area contributed by atoms with Crippen LogP contribution in [0.25, 0.3) is 10.9 Å². The van der Waals surface area contributed by atoms with Gasteiger partial charge in [-0.25, -0.2) is 0 Å². The molecule has 0 bridgehead atoms. The number of nitrogens with two attached hydrogens (primary N) is 1. The Balaban J connectivity index is 2.08. The summed E-state index contributed by atoms with van der Waals surface area (Å²) in [5, 5.41) is 5.45. The molecule has 0 aliphatic rings. The highest BCUT2D eigenvalue weighted by Gasteiger charge is 2.12. The first-order valence-corrected chi connectivity index (χ1v) is 7.53. The van der Waals surface area contributed by atoms with Crippen LogP contribution in [0.15, 0.2) is 47.3 Å². The van der Waals surface area contributed by atoms with Gasteiger partial charge >= 0.3 is 0 Å². The molecule has 3 aromatic rings. The monoisotopic (exact) mass is 283 g/mol. The van der Waals surface area contributed by atoms with E-state index in [0.29, 0.717) is 6.54 Å². The van der Waals surface area contributed by atoms with Crippen molar-refractivity contribution in [1.29, 1.82) is 0 Å². The van der Waals surface area contributed by atoms with Gasteiger partial charge in [0, 0.05) is 37.3 Å². The number of fused-ring (bicyclic) bond motifs is 1. The smallest absolute Gasteiger partial charge is 0.0723 e. The Hall–Kier alpha value is -1.91. The lowest BCUT2D eigenvalue weighted by Gasteiger charge is -2.23. The quantitative estimate of drug-likeness (QED) is 0.798. The van der Waals surface area contributed by atoms with E-state index in [9.17, 15) is 0 Å². The van der Waals surface area contributed by atoms with Crippen molar-refractivity contribution in [3.05, 3.63) is 58.4 Å². The summed E-state index contributed by atoms with van der Waals surface area (Å²) in [6.45, 7) is 1.38. The predicted molar refractivity (Wildman–Crippen MR) is 86.1 cm³/mol. The van der Waals surface area contributed by atoms with Gasteiger partial charge in [-0.1, -0.05) is 18.2 Å². The molecule has 0 radical (unpaired) electrons. The Morgan fingerprint density at radius 2 is 2.10 bits per heavy atom. The average molecular weight is 283 g/mol. The van der Waals surface area contributed by atoms with Crippen LogP contribution in [0.4, 0.5) is 5.69 Å². The SMILES string of the molecule is CN(Cc1ccsc1)c1c(CN)cnc2ccccc12. The molecule has 0 atom stereocenters. The minimum absolute atomic E-state index is 0.501. The third kappa shape index (κ3) is 2.40. The Kier molecular flexibility index (Phi) is 3.67. The van der Waals surface area contributed by atoms with Crippen LogP contribution in [0.5, 0.6) is 0 Å². The number of rotatable bonds is 4. The summed E-state index contributed by atoms with van der Waals surface area (Å²) in [5.74, 6) is 0. The van der Waals surface area contributed by atoms with Crippen molar-refractivity contribution in [3.8, 4) is 0 Å². The van der Waals surface area contributed by atoms with Crippen LogP contribution in [0, 0.1) is 0 Å². The van der Waals surface area contributed by atoms with Gasteiger partial charge in [0.15, 0.2) is 0 Å². The fourth-order valence-corrected chi connectivity index (χ4v) is 3.16. The van der Waals surface area contributed by atoms with Gasteiger partial charge in [-0.3, -0.25) is 4.98 Å². The van der Waals surface area contributed by atoms with Crippen LogP contribution < -0.4 is 10.6 Å². The summed E-state index contributed by atoms with van der Waals surface area (Å²) in [6, 6.07) is 10.4. The third-order valence-corrected chi connectivity index (χ3v) is 4.16. The van der Waals surface area contributed by atoms with Gasteiger partial charge in [-0.2, -0.15) is 11.3 Å². The standard InChI is InChI=1S/C16H17N3S/c1-19(10-12-6-7-20-11-12)16-13(8-17)9-18-15-5-3-2-4-14(15)16/h2-7,9,11H,8,10,17H2,1H3. The first-order valence-electron chi connectivity index (χ1n) is 6.58. The number of pyridine rings is 1. The molecule has 2 aromatic heterocycles. The van der Waals surface area contributed by atoms with E-state index in [-0.39, 0.29) is 0 Å². The summed E-state index contributed by atoms with van der Waals surface area (Å²) in [4.78, 5) is 6.75. The third-order valence-electron chi connectivity index (χ3n) is 3.42. The fraction of sp³-hybridized carbons (Fsp3) is 0.188.